The normalized spacial score (nSPS) is 15.1. The zero-order valence-electron chi connectivity index (χ0n) is 20.1. The first-order valence-corrected chi connectivity index (χ1v) is 12.6. The first-order chi connectivity index (χ1) is 16.6. The number of carbonyl (C=O) groups is 2. The number of ether oxygens (including phenoxy) is 2. The molecule has 184 valence electrons. The Labute approximate surface area is 207 Å². The fourth-order valence-corrected chi connectivity index (χ4v) is 4.64. The molecule has 2 aromatic carbocycles. The molecule has 0 aromatic heterocycles. The Morgan fingerprint density at radius 1 is 1.06 bits per heavy atom. The maximum atomic E-state index is 13.8. The lowest BCUT2D eigenvalue weighted by molar-refractivity contribution is -0.140. The fourth-order valence-electron chi connectivity index (χ4n) is 4.49. The molecule has 1 aliphatic rings. The lowest BCUT2D eigenvalue weighted by atomic mass is 10.0. The molecule has 6 nitrogen and oxygen atoms in total. The first-order valence-electron chi connectivity index (χ1n) is 12.1. The van der Waals surface area contributed by atoms with Gasteiger partial charge in [-0.1, -0.05) is 62.1 Å². The van der Waals surface area contributed by atoms with Crippen LogP contribution in [0.4, 0.5) is 0 Å². The number of rotatable bonds is 10. The molecule has 2 aromatic rings. The Morgan fingerprint density at radius 3 is 2.38 bits per heavy atom. The predicted molar refractivity (Wildman–Crippen MR) is 134 cm³/mol. The second kappa shape index (κ2) is 13.2. The zero-order chi connectivity index (χ0) is 24.3. The summed E-state index contributed by atoms with van der Waals surface area (Å²) in [5.41, 5.74) is 1.58. The average Bonchev–Trinajstić information content (AvgIpc) is 3.13. The third-order valence-electron chi connectivity index (χ3n) is 6.20. The number of hydrogen-bond acceptors (Lipinski definition) is 4. The van der Waals surface area contributed by atoms with Crippen LogP contribution in [-0.4, -0.2) is 42.4 Å². The highest BCUT2D eigenvalue weighted by Gasteiger charge is 2.33. The van der Waals surface area contributed by atoms with Crippen LogP contribution in [0.3, 0.4) is 0 Å². The number of nitrogens with zero attached hydrogens (tertiary/aromatic N) is 1. The number of alkyl halides is 1. The average molecular weight is 487 g/mol. The van der Waals surface area contributed by atoms with Crippen LogP contribution >= 0.6 is 11.6 Å². The van der Waals surface area contributed by atoms with E-state index in [9.17, 15) is 9.59 Å². The molecule has 2 amide bonds. The fraction of sp³-hybridized carbons (Fsp3) is 0.481. The summed E-state index contributed by atoms with van der Waals surface area (Å²) < 4.78 is 11.2. The van der Waals surface area contributed by atoms with Crippen molar-refractivity contribution in [3.63, 3.8) is 0 Å². The molecule has 1 fully saturated rings. The van der Waals surface area contributed by atoms with Gasteiger partial charge in [-0.25, -0.2) is 0 Å². The molecule has 0 radical (unpaired) electrons. The van der Waals surface area contributed by atoms with E-state index in [1.807, 2.05) is 43.3 Å². The van der Waals surface area contributed by atoms with E-state index in [2.05, 4.69) is 5.32 Å². The molecular formula is C27H35ClN2O4. The second-order valence-corrected chi connectivity index (χ2v) is 8.85. The summed E-state index contributed by atoms with van der Waals surface area (Å²) in [6.07, 6.45) is 6.48. The molecule has 1 atom stereocenters. The van der Waals surface area contributed by atoms with E-state index in [-0.39, 0.29) is 30.3 Å². The van der Waals surface area contributed by atoms with Gasteiger partial charge in [0.1, 0.15) is 11.9 Å². The zero-order valence-corrected chi connectivity index (χ0v) is 20.9. The van der Waals surface area contributed by atoms with Gasteiger partial charge in [-0.15, -0.1) is 11.6 Å². The minimum absolute atomic E-state index is 0.103. The number of halogens is 1. The van der Waals surface area contributed by atoms with Gasteiger partial charge >= 0.3 is 0 Å². The molecule has 7 heteroatoms. The molecule has 0 unspecified atom stereocenters. The monoisotopic (exact) mass is 486 g/mol. The maximum absolute atomic E-state index is 13.8. The van der Waals surface area contributed by atoms with Crippen LogP contribution in [-0.2, 0) is 16.1 Å². The number of nitrogens with one attached hydrogen (secondary N) is 1. The van der Waals surface area contributed by atoms with Crippen molar-refractivity contribution >= 4 is 23.4 Å². The SMILES string of the molecule is CCOc1ccc([C@H](C(=O)NC2CCCCCC2)N(Cc2ccccc2)C(=O)CCl)cc1OC. The van der Waals surface area contributed by atoms with Crippen molar-refractivity contribution in [2.24, 2.45) is 0 Å². The van der Waals surface area contributed by atoms with E-state index in [1.165, 1.54) is 12.8 Å². The number of amides is 2. The summed E-state index contributed by atoms with van der Waals surface area (Å²) in [5, 5.41) is 3.23. The molecule has 3 rings (SSSR count). The second-order valence-electron chi connectivity index (χ2n) is 8.58. The standard InChI is InChI=1S/C27H35ClN2O4/c1-3-34-23-16-15-21(17-24(23)33-2)26(27(32)29-22-13-9-4-5-10-14-22)30(25(31)18-28)19-20-11-7-6-8-12-20/h6-8,11-12,15-17,22,26H,3-5,9-10,13-14,18-19H2,1-2H3,(H,29,32)/t26-/m1/s1. The Hall–Kier alpha value is -2.73. The Morgan fingerprint density at radius 2 is 1.76 bits per heavy atom. The van der Waals surface area contributed by atoms with Gasteiger partial charge in [0.2, 0.25) is 11.8 Å². The van der Waals surface area contributed by atoms with E-state index in [0.717, 1.165) is 31.2 Å². The molecule has 0 heterocycles. The summed E-state index contributed by atoms with van der Waals surface area (Å²) in [6, 6.07) is 14.3. The summed E-state index contributed by atoms with van der Waals surface area (Å²) in [6.45, 7) is 2.66. The van der Waals surface area contributed by atoms with Crippen molar-refractivity contribution in [3.8, 4) is 11.5 Å². The van der Waals surface area contributed by atoms with Gasteiger partial charge in [-0.2, -0.15) is 0 Å². The van der Waals surface area contributed by atoms with Crippen LogP contribution in [0, 0.1) is 0 Å². The van der Waals surface area contributed by atoms with Gasteiger partial charge < -0.3 is 19.7 Å². The molecule has 34 heavy (non-hydrogen) atoms. The van der Waals surface area contributed by atoms with Crippen LogP contribution in [0.5, 0.6) is 11.5 Å². The van der Waals surface area contributed by atoms with Crippen molar-refractivity contribution in [1.82, 2.24) is 10.2 Å². The minimum atomic E-state index is -0.848. The summed E-state index contributed by atoms with van der Waals surface area (Å²) in [4.78, 5) is 28.4. The van der Waals surface area contributed by atoms with E-state index in [4.69, 9.17) is 21.1 Å². The van der Waals surface area contributed by atoms with Gasteiger partial charge in [0.05, 0.1) is 13.7 Å². The van der Waals surface area contributed by atoms with Crippen LogP contribution < -0.4 is 14.8 Å². The van der Waals surface area contributed by atoms with Crippen molar-refractivity contribution < 1.29 is 19.1 Å². The van der Waals surface area contributed by atoms with E-state index >= 15 is 0 Å². The predicted octanol–water partition coefficient (Wildman–Crippen LogP) is 5.24. The third kappa shape index (κ3) is 6.89. The molecule has 1 saturated carbocycles. The topological polar surface area (TPSA) is 67.9 Å². The molecular weight excluding hydrogens is 452 g/mol. The maximum Gasteiger partial charge on any atom is 0.247 e. The van der Waals surface area contributed by atoms with Crippen LogP contribution in [0.25, 0.3) is 0 Å². The van der Waals surface area contributed by atoms with Crippen LogP contribution in [0.1, 0.15) is 62.6 Å². The molecule has 0 bridgehead atoms. The highest BCUT2D eigenvalue weighted by atomic mass is 35.5. The highest BCUT2D eigenvalue weighted by Crippen LogP contribution is 2.33. The number of methoxy groups -OCH3 is 1. The van der Waals surface area contributed by atoms with Crippen LogP contribution in [0.2, 0.25) is 0 Å². The molecule has 1 aliphatic carbocycles. The van der Waals surface area contributed by atoms with Crippen molar-refractivity contribution in [1.29, 1.82) is 0 Å². The lowest BCUT2D eigenvalue weighted by Gasteiger charge is -2.32. The largest absolute Gasteiger partial charge is 0.493 e. The molecule has 0 saturated heterocycles. The lowest BCUT2D eigenvalue weighted by Crippen LogP contribution is -2.46. The van der Waals surface area contributed by atoms with Gasteiger partial charge in [0.25, 0.3) is 0 Å². The summed E-state index contributed by atoms with van der Waals surface area (Å²) >= 11 is 6.02. The van der Waals surface area contributed by atoms with E-state index in [1.54, 1.807) is 24.1 Å². The third-order valence-corrected chi connectivity index (χ3v) is 6.42. The number of carbonyl (C=O) groups excluding carboxylic acids is 2. The van der Waals surface area contributed by atoms with Gasteiger partial charge in [-0.3, -0.25) is 9.59 Å². The molecule has 0 spiro atoms. The van der Waals surface area contributed by atoms with Gasteiger partial charge in [0.15, 0.2) is 11.5 Å². The number of hydrogen-bond donors (Lipinski definition) is 1. The number of benzene rings is 2. The highest BCUT2D eigenvalue weighted by molar-refractivity contribution is 6.27. The Balaban J connectivity index is 2.00. The smallest absolute Gasteiger partial charge is 0.247 e. The van der Waals surface area contributed by atoms with Gasteiger partial charge in [0, 0.05) is 12.6 Å². The Bertz CT molecular complexity index is 929. The summed E-state index contributed by atoms with van der Waals surface area (Å²) in [5.74, 6) is 0.389. The molecule has 0 aliphatic heterocycles. The van der Waals surface area contributed by atoms with Crippen molar-refractivity contribution in [3.05, 3.63) is 59.7 Å². The van der Waals surface area contributed by atoms with Crippen LogP contribution in [0.15, 0.2) is 48.5 Å². The summed E-state index contributed by atoms with van der Waals surface area (Å²) in [7, 11) is 1.56. The van der Waals surface area contributed by atoms with E-state index in [0.29, 0.717) is 23.7 Å². The van der Waals surface area contributed by atoms with Crippen molar-refractivity contribution in [2.45, 2.75) is 64.1 Å². The quantitative estimate of drug-likeness (QED) is 0.368. The molecule has 1 N–H and O–H groups in total. The Kier molecular flexibility index (Phi) is 10.1. The van der Waals surface area contributed by atoms with Crippen molar-refractivity contribution in [2.75, 3.05) is 19.6 Å². The minimum Gasteiger partial charge on any atom is -0.493 e. The van der Waals surface area contributed by atoms with E-state index < -0.39 is 6.04 Å². The first kappa shape index (κ1) is 25.9. The van der Waals surface area contributed by atoms with Gasteiger partial charge in [-0.05, 0) is 43.0 Å².